The smallest absolute Gasteiger partial charge is 0.310 e. The summed E-state index contributed by atoms with van der Waals surface area (Å²) < 4.78 is 5.22. The molecule has 2 heterocycles. The molecule has 1 aliphatic rings. The molecule has 2 aromatic rings. The third-order valence-electron chi connectivity index (χ3n) is 3.48. The molecule has 0 spiro atoms. The van der Waals surface area contributed by atoms with Crippen molar-refractivity contribution in [1.29, 1.82) is 0 Å². The Kier molecular flexibility index (Phi) is 4.17. The fourth-order valence-electron chi connectivity index (χ4n) is 2.59. The molecule has 21 heavy (non-hydrogen) atoms. The number of thiazole rings is 1. The van der Waals surface area contributed by atoms with E-state index in [0.717, 1.165) is 15.5 Å². The van der Waals surface area contributed by atoms with Crippen LogP contribution in [0.2, 0.25) is 0 Å². The van der Waals surface area contributed by atoms with Crippen molar-refractivity contribution in [2.24, 2.45) is 5.92 Å². The van der Waals surface area contributed by atoms with Gasteiger partial charge in [0.2, 0.25) is 0 Å². The van der Waals surface area contributed by atoms with Gasteiger partial charge in [-0.05, 0) is 12.5 Å². The molecule has 0 fully saturated rings. The Morgan fingerprint density at radius 3 is 2.86 bits per heavy atom. The Morgan fingerprint density at radius 2 is 2.14 bits per heavy atom. The molecule has 0 bridgehead atoms. The maximum absolute atomic E-state index is 12.3. The molecule has 0 saturated carbocycles. The standard InChI is InChI=1S/C15H15NO3S2/c1-2-19-14(17)10-8-20-13-12(21-15(18)16-13)11(10)9-6-4-3-5-7-9/h3-7,10-11H,2,8H2,1H3,(H,16,18)/t10-,11+/m0/s1. The Balaban J connectivity index is 2.06. The van der Waals surface area contributed by atoms with Crippen LogP contribution >= 0.6 is 23.1 Å². The van der Waals surface area contributed by atoms with E-state index in [9.17, 15) is 9.59 Å². The first-order valence-corrected chi connectivity index (χ1v) is 8.58. The van der Waals surface area contributed by atoms with Gasteiger partial charge in [-0.1, -0.05) is 41.7 Å². The highest BCUT2D eigenvalue weighted by Gasteiger charge is 2.38. The van der Waals surface area contributed by atoms with Gasteiger partial charge >= 0.3 is 10.8 Å². The molecule has 110 valence electrons. The van der Waals surface area contributed by atoms with Gasteiger partial charge in [-0.25, -0.2) is 0 Å². The number of H-pyrrole nitrogens is 1. The number of rotatable bonds is 3. The zero-order valence-corrected chi connectivity index (χ0v) is 13.1. The second-order valence-corrected chi connectivity index (χ2v) is 6.81. The molecule has 3 rings (SSSR count). The zero-order chi connectivity index (χ0) is 14.8. The Bertz CT molecular complexity index is 692. The van der Waals surface area contributed by atoms with Gasteiger partial charge < -0.3 is 9.72 Å². The number of fused-ring (bicyclic) bond motifs is 1. The van der Waals surface area contributed by atoms with Crippen molar-refractivity contribution in [2.45, 2.75) is 17.9 Å². The van der Waals surface area contributed by atoms with Crippen LogP contribution in [0.3, 0.4) is 0 Å². The molecular weight excluding hydrogens is 306 g/mol. The molecule has 1 N–H and O–H groups in total. The Labute approximate surface area is 130 Å². The number of benzene rings is 1. The summed E-state index contributed by atoms with van der Waals surface area (Å²) in [6.45, 7) is 2.18. The monoisotopic (exact) mass is 321 g/mol. The third kappa shape index (κ3) is 2.78. The molecule has 2 atom stereocenters. The number of nitrogens with one attached hydrogen (secondary N) is 1. The van der Waals surface area contributed by atoms with Crippen LogP contribution < -0.4 is 4.87 Å². The molecular formula is C15H15NO3S2. The number of carbonyl (C=O) groups is 1. The van der Waals surface area contributed by atoms with E-state index in [1.807, 2.05) is 37.3 Å². The molecule has 6 heteroatoms. The fraction of sp³-hybridized carbons (Fsp3) is 0.333. The van der Waals surface area contributed by atoms with Gasteiger partial charge in [-0.3, -0.25) is 9.59 Å². The molecule has 0 unspecified atom stereocenters. The van der Waals surface area contributed by atoms with Crippen molar-refractivity contribution in [1.82, 2.24) is 4.98 Å². The number of carbonyl (C=O) groups excluding carboxylic acids is 1. The predicted molar refractivity (Wildman–Crippen MR) is 84.1 cm³/mol. The molecule has 0 aliphatic carbocycles. The first-order valence-electron chi connectivity index (χ1n) is 6.78. The Morgan fingerprint density at radius 1 is 1.38 bits per heavy atom. The van der Waals surface area contributed by atoms with Crippen LogP contribution in [0.4, 0.5) is 0 Å². The van der Waals surface area contributed by atoms with Crippen LogP contribution in [0.5, 0.6) is 0 Å². The maximum Gasteiger partial charge on any atom is 0.310 e. The summed E-state index contributed by atoms with van der Waals surface area (Å²) in [7, 11) is 0. The molecule has 1 aliphatic heterocycles. The van der Waals surface area contributed by atoms with Crippen LogP contribution in [0.15, 0.2) is 40.2 Å². The third-order valence-corrected chi connectivity index (χ3v) is 5.71. The zero-order valence-electron chi connectivity index (χ0n) is 11.5. The number of thioether (sulfide) groups is 1. The minimum absolute atomic E-state index is 0.0714. The molecule has 0 saturated heterocycles. The first-order chi connectivity index (χ1) is 10.2. The summed E-state index contributed by atoms with van der Waals surface area (Å²) in [4.78, 5) is 27.7. The summed E-state index contributed by atoms with van der Waals surface area (Å²) in [6, 6.07) is 9.85. The Hall–Kier alpha value is -1.53. The lowest BCUT2D eigenvalue weighted by Crippen LogP contribution is -2.29. The van der Waals surface area contributed by atoms with Crippen molar-refractivity contribution < 1.29 is 9.53 Å². The van der Waals surface area contributed by atoms with Gasteiger partial charge in [0.25, 0.3) is 0 Å². The highest BCUT2D eigenvalue weighted by atomic mass is 32.2. The van der Waals surface area contributed by atoms with E-state index in [0.29, 0.717) is 12.4 Å². The van der Waals surface area contributed by atoms with Crippen LogP contribution in [-0.4, -0.2) is 23.3 Å². The van der Waals surface area contributed by atoms with Crippen molar-refractivity contribution in [3.8, 4) is 0 Å². The van der Waals surface area contributed by atoms with Crippen molar-refractivity contribution in [2.75, 3.05) is 12.4 Å². The van der Waals surface area contributed by atoms with E-state index in [1.165, 1.54) is 23.1 Å². The highest BCUT2D eigenvalue weighted by molar-refractivity contribution is 7.99. The van der Waals surface area contributed by atoms with Crippen LogP contribution in [0, 0.1) is 5.92 Å². The number of aromatic nitrogens is 1. The second-order valence-electron chi connectivity index (χ2n) is 4.77. The lowest BCUT2D eigenvalue weighted by Gasteiger charge is -2.29. The highest BCUT2D eigenvalue weighted by Crippen LogP contribution is 2.45. The lowest BCUT2D eigenvalue weighted by molar-refractivity contribution is -0.147. The van der Waals surface area contributed by atoms with Crippen LogP contribution in [0.25, 0.3) is 0 Å². The van der Waals surface area contributed by atoms with E-state index in [-0.39, 0.29) is 22.7 Å². The molecule has 0 radical (unpaired) electrons. The van der Waals surface area contributed by atoms with Crippen LogP contribution in [-0.2, 0) is 9.53 Å². The van der Waals surface area contributed by atoms with Gasteiger partial charge in [-0.2, -0.15) is 0 Å². The number of esters is 1. The van der Waals surface area contributed by atoms with Crippen molar-refractivity contribution in [3.05, 3.63) is 50.4 Å². The quantitative estimate of drug-likeness (QED) is 0.883. The second kappa shape index (κ2) is 6.07. The molecule has 1 aromatic heterocycles. The lowest BCUT2D eigenvalue weighted by atomic mass is 9.86. The molecule has 1 aromatic carbocycles. The van der Waals surface area contributed by atoms with Gasteiger partial charge in [0.15, 0.2) is 0 Å². The van der Waals surface area contributed by atoms with E-state index in [1.54, 1.807) is 0 Å². The predicted octanol–water partition coefficient (Wildman–Crippen LogP) is 2.85. The van der Waals surface area contributed by atoms with E-state index in [2.05, 4.69) is 4.98 Å². The number of aromatic amines is 1. The number of hydrogen-bond donors (Lipinski definition) is 1. The van der Waals surface area contributed by atoms with Crippen molar-refractivity contribution in [3.63, 3.8) is 0 Å². The van der Waals surface area contributed by atoms with E-state index < -0.39 is 0 Å². The molecule has 0 amide bonds. The van der Waals surface area contributed by atoms with E-state index in [4.69, 9.17) is 4.74 Å². The summed E-state index contributed by atoms with van der Waals surface area (Å²) in [6.07, 6.45) is 0. The van der Waals surface area contributed by atoms with E-state index >= 15 is 0 Å². The minimum Gasteiger partial charge on any atom is -0.466 e. The van der Waals surface area contributed by atoms with Gasteiger partial charge in [0, 0.05) is 16.5 Å². The van der Waals surface area contributed by atoms with Crippen molar-refractivity contribution >= 4 is 29.1 Å². The fourth-order valence-corrected chi connectivity index (χ4v) is 4.99. The molecule has 4 nitrogen and oxygen atoms in total. The summed E-state index contributed by atoms with van der Waals surface area (Å²) >= 11 is 2.72. The number of hydrogen-bond acceptors (Lipinski definition) is 5. The first kappa shape index (κ1) is 14.4. The number of ether oxygens (including phenoxy) is 1. The van der Waals surface area contributed by atoms with Gasteiger partial charge in [-0.15, -0.1) is 11.8 Å². The SMILES string of the molecule is CCOC(=O)[C@H]1CSc2[nH]c(=O)sc2[C@@H]1c1ccccc1. The average molecular weight is 321 g/mol. The van der Waals surface area contributed by atoms with Crippen LogP contribution in [0.1, 0.15) is 23.3 Å². The normalized spacial score (nSPS) is 20.8. The summed E-state index contributed by atoms with van der Waals surface area (Å²) in [5.74, 6) is 0.0741. The van der Waals surface area contributed by atoms with Gasteiger partial charge in [0.05, 0.1) is 17.6 Å². The minimum atomic E-state index is -0.253. The maximum atomic E-state index is 12.3. The summed E-state index contributed by atoms with van der Waals surface area (Å²) in [5.41, 5.74) is 1.05. The largest absolute Gasteiger partial charge is 0.466 e. The average Bonchev–Trinajstić information content (AvgIpc) is 2.87. The topological polar surface area (TPSA) is 59.2 Å². The summed E-state index contributed by atoms with van der Waals surface area (Å²) in [5, 5.41) is 0.888. The van der Waals surface area contributed by atoms with Gasteiger partial charge in [0.1, 0.15) is 0 Å².